The van der Waals surface area contributed by atoms with E-state index in [4.69, 9.17) is 23.7 Å². The van der Waals surface area contributed by atoms with Gasteiger partial charge in [0.2, 0.25) is 23.8 Å². The van der Waals surface area contributed by atoms with Crippen molar-refractivity contribution in [3.05, 3.63) is 161 Å². The largest absolute Gasteiger partial charge is 0.469 e. The number of nitrogens with zero attached hydrogens (tertiary/aromatic N) is 20. The average Bonchev–Trinajstić information content (AvgIpc) is 1.66. The standard InChI is InChI=1S/C30H36F2N8O4S.C29H32F2N8O4S.C28H29F2N7O5S/c1-2-44-22-5-3-20(4-6-22)40-17-24(28(37-40)27-23(31)7-8-26(32)36-27)34-29(42)25-18-45-30(35-25)19-13-33-39(14-19)16-21(41)15-38-9-11-43-12-10-38;1-2-43-20-5-3-19(4-6-20)38-15-22(27(36-38)26-21(30)7-8-24(31)35-26)33-28(41)23-17-44-29(34-23)18-13-32-39(14-18)25(40)16-37-9-11-42-12-10-37;1-3-42-18-6-4-17(5-7-18)36-14-20(26(35-36)25-19(29)8-9-22(30)34-25)32-27(40)21-15-43-28(33-21)16-12-31-37(13-16)23(38)10-11-24(39)41-2/h7-8,13-14,17-18,20-22,41H,2-6,9-12,15-16H2,1H3,(H,34,42);7-8,13-15,17,19-20H,2-6,9-12,16H2,1H3,(H,33,41);8-9,12-15,17-18H,3-7,10-11H2,1-2H3,(H,32,40). The van der Waals surface area contributed by atoms with Crippen LogP contribution in [0.5, 0.6) is 0 Å². The first kappa shape index (κ1) is 94.7. The summed E-state index contributed by atoms with van der Waals surface area (Å²) in [6.45, 7) is 14.4. The number of ether oxygens (including phenoxy) is 6. The Bertz CT molecular complexity index is 5970. The molecule has 4 N–H and O–H groups in total. The first-order chi connectivity index (χ1) is 64.0. The van der Waals surface area contributed by atoms with Crippen molar-refractivity contribution in [3.8, 4) is 65.9 Å². The number of anilines is 3. The molecule has 14 heterocycles. The van der Waals surface area contributed by atoms with E-state index in [0.29, 0.717) is 104 Å². The number of carbonyl (C=O) groups is 6. The summed E-state index contributed by atoms with van der Waals surface area (Å²) in [6.07, 6.45) is 23.9. The number of esters is 1. The summed E-state index contributed by atoms with van der Waals surface area (Å²) in [5.41, 5.74) is 1.85. The van der Waals surface area contributed by atoms with Gasteiger partial charge < -0.3 is 49.5 Å². The minimum absolute atomic E-state index is 0.000483. The van der Waals surface area contributed by atoms with E-state index in [1.54, 1.807) is 66.7 Å². The van der Waals surface area contributed by atoms with Gasteiger partial charge in [-0.05, 0) is 134 Å². The number of hydrogen-bond donors (Lipinski definition) is 4. The number of β-amino-alcohol motifs (C(OH)–C–C–N with tert-alkyl or cyclic N) is 1. The molecule has 0 radical (unpaired) electrons. The molecule has 698 valence electrons. The SMILES string of the molecule is CCOC1CCC(n2cc(NC(=O)c3csc(-c4cnn(C(=O)CCC(=O)OC)c4)n3)c(-c3nc(F)ccc3F)n2)CC1.CCOC1CCC(n2cc(NC(=O)c3csc(-c4cnn(C(=O)CN5CCOCC5)c4)n3)c(-c3nc(F)ccc3F)n2)CC1.CCOC1CCC(n2cc(NC(=O)c3csc(-c4cnn(CC(O)CN5CCOCC5)c4)n3)c(-c3nc(F)ccc3F)n2)CC1. The van der Waals surface area contributed by atoms with Gasteiger partial charge in [-0.2, -0.15) is 43.8 Å². The van der Waals surface area contributed by atoms with Crippen LogP contribution in [-0.4, -0.2) is 256 Å². The molecule has 5 fully saturated rings. The van der Waals surface area contributed by atoms with Crippen molar-refractivity contribution in [1.82, 2.24) is 98.4 Å². The van der Waals surface area contributed by atoms with Crippen LogP contribution in [0.25, 0.3) is 65.9 Å². The highest BCUT2D eigenvalue weighted by Gasteiger charge is 2.33. The number of methoxy groups -OCH3 is 1. The van der Waals surface area contributed by atoms with Crippen LogP contribution in [0.2, 0.25) is 0 Å². The van der Waals surface area contributed by atoms with Gasteiger partial charge in [-0.1, -0.05) is 0 Å². The Kier molecular flexibility index (Phi) is 32.0. The number of carbonyl (C=O) groups excluding carboxylic acids is 6. The van der Waals surface area contributed by atoms with Crippen molar-refractivity contribution in [1.29, 1.82) is 0 Å². The third kappa shape index (κ3) is 24.1. The van der Waals surface area contributed by atoms with Crippen LogP contribution in [0, 0.1) is 35.3 Å². The molecule has 0 spiro atoms. The van der Waals surface area contributed by atoms with Gasteiger partial charge in [-0.3, -0.25) is 57.3 Å². The molecule has 3 saturated carbocycles. The van der Waals surface area contributed by atoms with E-state index in [0.717, 1.165) is 143 Å². The fourth-order valence-electron chi connectivity index (χ4n) is 16.0. The molecule has 45 heteroatoms. The Hall–Kier alpha value is -11.9. The molecule has 5 aliphatic rings. The molecule has 12 aromatic heterocycles. The lowest BCUT2D eigenvalue weighted by Crippen LogP contribution is -2.42. The molecule has 2 saturated heterocycles. The molecule has 1 unspecified atom stereocenters. The maximum Gasteiger partial charge on any atom is 0.306 e. The Morgan fingerprint density at radius 3 is 1.17 bits per heavy atom. The normalized spacial score (nSPS) is 18.6. The highest BCUT2D eigenvalue weighted by molar-refractivity contribution is 7.14. The maximum atomic E-state index is 14.8. The number of aliphatic hydroxyl groups is 1. The zero-order valence-electron chi connectivity index (χ0n) is 72.5. The molecule has 17 rings (SSSR count). The maximum absolute atomic E-state index is 14.8. The van der Waals surface area contributed by atoms with Crippen LogP contribution in [-0.2, 0) is 39.8 Å². The molecule has 0 aromatic carbocycles. The van der Waals surface area contributed by atoms with E-state index in [9.17, 15) is 60.2 Å². The molecule has 3 amide bonds. The zero-order valence-corrected chi connectivity index (χ0v) is 75.0. The zero-order chi connectivity index (χ0) is 92.5. The van der Waals surface area contributed by atoms with Crippen molar-refractivity contribution >= 4 is 86.6 Å². The lowest BCUT2D eigenvalue weighted by molar-refractivity contribution is -0.140. The highest BCUT2D eigenvalue weighted by atomic mass is 32.1. The summed E-state index contributed by atoms with van der Waals surface area (Å²) in [5.74, 6) is -7.65. The fourth-order valence-corrected chi connectivity index (χ4v) is 18.4. The third-order valence-electron chi connectivity index (χ3n) is 22.8. The topological polar surface area (TPSA) is 405 Å². The number of pyridine rings is 3. The van der Waals surface area contributed by atoms with Gasteiger partial charge in [0.15, 0.2) is 17.5 Å². The van der Waals surface area contributed by atoms with Crippen molar-refractivity contribution in [2.24, 2.45) is 0 Å². The molecule has 132 heavy (non-hydrogen) atoms. The Balaban J connectivity index is 0.000000151. The summed E-state index contributed by atoms with van der Waals surface area (Å²) < 4.78 is 128. The molecule has 2 aliphatic heterocycles. The molecular weight excluding hydrogens is 1790 g/mol. The third-order valence-corrected chi connectivity index (χ3v) is 25.4. The molecule has 12 aromatic rings. The first-order valence-corrected chi connectivity index (χ1v) is 46.1. The number of thiazole rings is 3. The number of halogens is 6. The van der Waals surface area contributed by atoms with Gasteiger partial charge >= 0.3 is 5.97 Å². The summed E-state index contributed by atoms with van der Waals surface area (Å²) >= 11 is 3.66. The second kappa shape index (κ2) is 44.5. The van der Waals surface area contributed by atoms with Crippen LogP contribution in [0.15, 0.2) is 108 Å². The summed E-state index contributed by atoms with van der Waals surface area (Å²) in [5, 5.41) is 51.3. The predicted molar refractivity (Wildman–Crippen MR) is 472 cm³/mol. The van der Waals surface area contributed by atoms with Crippen molar-refractivity contribution in [3.63, 3.8) is 0 Å². The number of aliphatic hydroxyl groups excluding tert-OH is 1. The van der Waals surface area contributed by atoms with Crippen LogP contribution in [0.4, 0.5) is 43.4 Å². The van der Waals surface area contributed by atoms with Gasteiger partial charge in [-0.25, -0.2) is 52.4 Å². The summed E-state index contributed by atoms with van der Waals surface area (Å²) in [6, 6.07) is 5.70. The second-order valence-electron chi connectivity index (χ2n) is 31.8. The lowest BCUT2D eigenvalue weighted by atomic mass is 9.93. The molecule has 3 aliphatic carbocycles. The fraction of sp³-hybridized carbons (Fsp3) is 0.448. The Morgan fingerprint density at radius 1 is 0.439 bits per heavy atom. The van der Waals surface area contributed by atoms with E-state index in [-0.39, 0.29) is 130 Å². The Labute approximate surface area is 764 Å². The minimum Gasteiger partial charge on any atom is -0.469 e. The number of hydrogen-bond acceptors (Lipinski definition) is 30. The number of rotatable bonds is 30. The van der Waals surface area contributed by atoms with Crippen molar-refractivity contribution in [2.45, 2.75) is 160 Å². The van der Waals surface area contributed by atoms with Gasteiger partial charge in [0.25, 0.3) is 23.6 Å². The summed E-state index contributed by atoms with van der Waals surface area (Å²) in [7, 11) is 1.24. The monoisotopic (exact) mass is 1880 g/mol. The van der Waals surface area contributed by atoms with E-state index >= 15 is 0 Å². The predicted octanol–water partition coefficient (Wildman–Crippen LogP) is 13.2. The number of amides is 3. The average molecular weight is 1880 g/mol. The number of morpholine rings is 2. The smallest absolute Gasteiger partial charge is 0.306 e. The molecule has 0 bridgehead atoms. The molecular formula is C87H97F6N23O13S3. The van der Waals surface area contributed by atoms with Crippen LogP contribution < -0.4 is 16.0 Å². The van der Waals surface area contributed by atoms with Crippen LogP contribution in [0.1, 0.15) is 170 Å². The van der Waals surface area contributed by atoms with Crippen LogP contribution in [0.3, 0.4) is 0 Å². The van der Waals surface area contributed by atoms with Gasteiger partial charge in [0.1, 0.15) is 66.3 Å². The van der Waals surface area contributed by atoms with E-state index < -0.39 is 71.0 Å². The molecule has 1 atom stereocenters. The lowest BCUT2D eigenvalue weighted by Gasteiger charge is -2.28. The van der Waals surface area contributed by atoms with Crippen molar-refractivity contribution < 1.29 is 88.6 Å². The molecule has 36 nitrogen and oxygen atoms in total. The highest BCUT2D eigenvalue weighted by Crippen LogP contribution is 2.40. The van der Waals surface area contributed by atoms with E-state index in [1.165, 1.54) is 58.4 Å². The van der Waals surface area contributed by atoms with E-state index in [2.05, 4.69) is 86.1 Å². The Morgan fingerprint density at radius 2 is 0.795 bits per heavy atom. The minimum atomic E-state index is -0.881. The first-order valence-electron chi connectivity index (χ1n) is 43.4. The second-order valence-corrected chi connectivity index (χ2v) is 34.3. The van der Waals surface area contributed by atoms with Crippen molar-refractivity contribution in [2.75, 3.05) is 109 Å². The number of nitrogens with one attached hydrogen (secondary N) is 3. The van der Waals surface area contributed by atoms with Gasteiger partial charge in [-0.15, -0.1) is 34.0 Å². The van der Waals surface area contributed by atoms with E-state index in [1.807, 2.05) is 25.7 Å². The van der Waals surface area contributed by atoms with Gasteiger partial charge in [0, 0.05) is 129 Å². The number of aromatic nitrogens is 18. The summed E-state index contributed by atoms with van der Waals surface area (Å²) in [4.78, 5) is 105. The van der Waals surface area contributed by atoms with Crippen LogP contribution >= 0.6 is 34.0 Å². The van der Waals surface area contributed by atoms with Gasteiger partial charge in [0.05, 0.1) is 131 Å². The quantitative estimate of drug-likeness (QED) is 0.0184.